The highest BCUT2D eigenvalue weighted by Gasteiger charge is 2.22. The number of furan rings is 1. The summed E-state index contributed by atoms with van der Waals surface area (Å²) in [4.78, 5) is 25.3. The van der Waals surface area contributed by atoms with Crippen LogP contribution in [0.15, 0.2) is 56.3 Å². The Hall–Kier alpha value is -3.38. The normalized spacial score (nSPS) is 16.1. The molecule has 1 atom stereocenters. The molecule has 0 bridgehead atoms. The lowest BCUT2D eigenvalue weighted by Crippen LogP contribution is -2.34. The van der Waals surface area contributed by atoms with Crippen LogP contribution in [0.5, 0.6) is 0 Å². The summed E-state index contributed by atoms with van der Waals surface area (Å²) in [5, 5.41) is 4.59. The van der Waals surface area contributed by atoms with Gasteiger partial charge in [-0.25, -0.2) is 4.79 Å². The number of ether oxygens (including phenoxy) is 1. The Labute approximate surface area is 185 Å². The van der Waals surface area contributed by atoms with E-state index in [0.29, 0.717) is 28.8 Å². The monoisotopic (exact) mass is 431 g/mol. The highest BCUT2D eigenvalue weighted by Crippen LogP contribution is 2.38. The number of hydrogen-bond acceptors (Lipinski definition) is 5. The summed E-state index contributed by atoms with van der Waals surface area (Å²) in [6.07, 6.45) is 3.70. The first-order chi connectivity index (χ1) is 15.5. The second kappa shape index (κ2) is 8.28. The fourth-order valence-electron chi connectivity index (χ4n) is 4.58. The predicted octanol–water partition coefficient (Wildman–Crippen LogP) is 4.66. The topological polar surface area (TPSA) is 81.7 Å². The fourth-order valence-corrected chi connectivity index (χ4v) is 4.58. The van der Waals surface area contributed by atoms with Crippen molar-refractivity contribution >= 4 is 27.8 Å². The summed E-state index contributed by atoms with van der Waals surface area (Å²) in [6, 6.07) is 11.9. The van der Waals surface area contributed by atoms with Gasteiger partial charge in [-0.05, 0) is 49.4 Å². The van der Waals surface area contributed by atoms with Gasteiger partial charge in [-0.3, -0.25) is 4.79 Å². The third-order valence-electron chi connectivity index (χ3n) is 6.26. The summed E-state index contributed by atoms with van der Waals surface area (Å²) in [5.74, 6) is -0.219. The van der Waals surface area contributed by atoms with Crippen molar-refractivity contribution in [2.45, 2.75) is 39.2 Å². The van der Waals surface area contributed by atoms with Gasteiger partial charge in [0.15, 0.2) is 0 Å². The first-order valence-corrected chi connectivity index (χ1v) is 10.9. The summed E-state index contributed by atoms with van der Waals surface area (Å²) in [5.41, 5.74) is 4.71. The van der Waals surface area contributed by atoms with E-state index in [1.807, 2.05) is 50.2 Å². The Morgan fingerprint density at radius 2 is 1.97 bits per heavy atom. The van der Waals surface area contributed by atoms with Crippen molar-refractivity contribution in [1.82, 2.24) is 5.32 Å². The quantitative estimate of drug-likeness (QED) is 0.465. The molecule has 1 N–H and O–H groups in total. The second-order valence-corrected chi connectivity index (χ2v) is 8.40. The Morgan fingerprint density at radius 1 is 1.16 bits per heavy atom. The van der Waals surface area contributed by atoms with Crippen molar-refractivity contribution < 1.29 is 18.4 Å². The van der Waals surface area contributed by atoms with Gasteiger partial charge in [0, 0.05) is 24.1 Å². The Kier molecular flexibility index (Phi) is 5.31. The van der Waals surface area contributed by atoms with Gasteiger partial charge in [-0.1, -0.05) is 30.3 Å². The van der Waals surface area contributed by atoms with Crippen molar-refractivity contribution in [2.24, 2.45) is 0 Å². The number of hydrogen-bond donors (Lipinski definition) is 1. The van der Waals surface area contributed by atoms with Gasteiger partial charge in [-0.15, -0.1) is 0 Å². The van der Waals surface area contributed by atoms with Crippen molar-refractivity contribution in [2.75, 3.05) is 13.2 Å². The Bertz CT molecular complexity index is 1360. The Morgan fingerprint density at radius 3 is 2.72 bits per heavy atom. The molecule has 164 valence electrons. The van der Waals surface area contributed by atoms with Crippen molar-refractivity contribution in [3.63, 3.8) is 0 Å². The van der Waals surface area contributed by atoms with E-state index >= 15 is 0 Å². The first-order valence-electron chi connectivity index (χ1n) is 10.9. The molecule has 6 heteroatoms. The van der Waals surface area contributed by atoms with Crippen LogP contribution < -0.4 is 10.9 Å². The smallest absolute Gasteiger partial charge is 0.340 e. The molecular formula is C26H25NO5. The lowest BCUT2D eigenvalue weighted by atomic mass is 9.96. The Balaban J connectivity index is 1.56. The van der Waals surface area contributed by atoms with Gasteiger partial charge in [0.2, 0.25) is 5.91 Å². The number of rotatable bonds is 5. The van der Waals surface area contributed by atoms with E-state index in [-0.39, 0.29) is 18.4 Å². The number of aryl methyl sites for hydroxylation is 2. The van der Waals surface area contributed by atoms with Crippen LogP contribution in [0.2, 0.25) is 0 Å². The third-order valence-corrected chi connectivity index (χ3v) is 6.26. The number of amides is 1. The van der Waals surface area contributed by atoms with E-state index in [0.717, 1.165) is 46.9 Å². The molecule has 2 aromatic heterocycles. The molecule has 0 aliphatic carbocycles. The zero-order chi connectivity index (χ0) is 22.2. The number of fused-ring (bicyclic) bond motifs is 3. The minimum atomic E-state index is -0.490. The maximum atomic E-state index is 12.7. The van der Waals surface area contributed by atoms with Crippen LogP contribution in [0.3, 0.4) is 0 Å². The average Bonchev–Trinajstić information content (AvgIpc) is 3.46. The third kappa shape index (κ3) is 3.60. The van der Waals surface area contributed by atoms with Crippen molar-refractivity contribution in [3.05, 3.63) is 69.8 Å². The molecule has 1 aliphatic rings. The van der Waals surface area contributed by atoms with Crippen LogP contribution >= 0.6 is 0 Å². The highest BCUT2D eigenvalue weighted by molar-refractivity contribution is 6.11. The zero-order valence-electron chi connectivity index (χ0n) is 18.2. The maximum Gasteiger partial charge on any atom is 0.340 e. The molecule has 1 saturated heterocycles. The van der Waals surface area contributed by atoms with Crippen LogP contribution in [0.25, 0.3) is 33.1 Å². The van der Waals surface area contributed by atoms with Gasteiger partial charge < -0.3 is 18.9 Å². The van der Waals surface area contributed by atoms with Gasteiger partial charge in [0.1, 0.15) is 11.2 Å². The second-order valence-electron chi connectivity index (χ2n) is 8.40. The van der Waals surface area contributed by atoms with Gasteiger partial charge in [-0.2, -0.15) is 0 Å². The highest BCUT2D eigenvalue weighted by atomic mass is 16.5. The molecule has 0 unspecified atom stereocenters. The minimum absolute atomic E-state index is 0.0432. The molecule has 1 fully saturated rings. The van der Waals surface area contributed by atoms with Crippen LogP contribution in [-0.2, 0) is 16.0 Å². The lowest BCUT2D eigenvalue weighted by Gasteiger charge is -2.12. The molecule has 1 amide bonds. The molecule has 4 aromatic rings. The van der Waals surface area contributed by atoms with E-state index in [1.54, 1.807) is 6.26 Å². The molecule has 6 nitrogen and oxygen atoms in total. The van der Waals surface area contributed by atoms with Crippen LogP contribution in [-0.4, -0.2) is 25.2 Å². The zero-order valence-corrected chi connectivity index (χ0v) is 18.2. The lowest BCUT2D eigenvalue weighted by molar-refractivity contribution is -0.121. The standard InChI is InChI=1S/C26H25NO5/c1-15-11-21-24(25-23(15)20(14-31-25)17-7-4-3-5-8-17)16(2)19(26(29)32-21)12-22(28)27-13-18-9-6-10-30-18/h3-5,7-8,11,14,18H,6,9-10,12-13H2,1-2H3,(H,27,28)/t18-/m1/s1. The summed E-state index contributed by atoms with van der Waals surface area (Å²) in [6.45, 7) is 5.02. The molecule has 5 rings (SSSR count). The molecule has 0 spiro atoms. The molecule has 3 heterocycles. The molecule has 0 saturated carbocycles. The van der Waals surface area contributed by atoms with Gasteiger partial charge >= 0.3 is 5.63 Å². The molecule has 0 radical (unpaired) electrons. The molecular weight excluding hydrogens is 406 g/mol. The van der Waals surface area contributed by atoms with Crippen molar-refractivity contribution in [3.8, 4) is 11.1 Å². The van der Waals surface area contributed by atoms with Gasteiger partial charge in [0.05, 0.1) is 29.7 Å². The number of nitrogens with one attached hydrogen (secondary N) is 1. The largest absolute Gasteiger partial charge is 0.463 e. The fraction of sp³-hybridized carbons (Fsp3) is 0.308. The molecule has 2 aromatic carbocycles. The van der Waals surface area contributed by atoms with Crippen LogP contribution in [0.1, 0.15) is 29.5 Å². The number of carbonyl (C=O) groups is 1. The summed E-state index contributed by atoms with van der Waals surface area (Å²) >= 11 is 0. The predicted molar refractivity (Wildman–Crippen MR) is 123 cm³/mol. The van der Waals surface area contributed by atoms with Gasteiger partial charge in [0.25, 0.3) is 0 Å². The summed E-state index contributed by atoms with van der Waals surface area (Å²) in [7, 11) is 0. The maximum absolute atomic E-state index is 12.7. The molecule has 1 aliphatic heterocycles. The van der Waals surface area contributed by atoms with E-state index in [4.69, 9.17) is 13.6 Å². The summed E-state index contributed by atoms with van der Waals surface area (Å²) < 4.78 is 17.2. The van der Waals surface area contributed by atoms with Crippen LogP contribution in [0, 0.1) is 13.8 Å². The minimum Gasteiger partial charge on any atom is -0.463 e. The van der Waals surface area contributed by atoms with E-state index in [1.165, 1.54) is 0 Å². The van der Waals surface area contributed by atoms with Crippen molar-refractivity contribution in [1.29, 1.82) is 0 Å². The van der Waals surface area contributed by atoms with Crippen LogP contribution in [0.4, 0.5) is 0 Å². The van der Waals surface area contributed by atoms with E-state index in [2.05, 4.69) is 5.32 Å². The number of carbonyl (C=O) groups excluding carboxylic acids is 1. The number of benzene rings is 2. The van der Waals surface area contributed by atoms with E-state index in [9.17, 15) is 9.59 Å². The van der Waals surface area contributed by atoms with E-state index < -0.39 is 5.63 Å². The SMILES string of the molecule is Cc1cc2oc(=O)c(CC(=O)NC[C@H]3CCCO3)c(C)c2c2occ(-c3ccccc3)c12. The molecule has 32 heavy (non-hydrogen) atoms. The average molecular weight is 431 g/mol. The first kappa shape index (κ1) is 20.5.